The quantitative estimate of drug-likeness (QED) is 0.605. The van der Waals surface area contributed by atoms with Crippen molar-refractivity contribution in [1.29, 1.82) is 0 Å². The maximum atomic E-state index is 5.47. The van der Waals surface area contributed by atoms with Gasteiger partial charge < -0.3 is 18.9 Å². The summed E-state index contributed by atoms with van der Waals surface area (Å²) < 4.78 is 22.9. The van der Waals surface area contributed by atoms with Crippen molar-refractivity contribution in [2.45, 2.75) is 12.8 Å². The van der Waals surface area contributed by atoms with Crippen LogP contribution in [0.2, 0.25) is 0 Å². The molecule has 5 nitrogen and oxygen atoms in total. The standard InChI is InChI=1S/C20H22INO4/c1-23-17-8-12-5-6-22-16(14(12)10-19(17)25-3)7-13-9-18(24-2)20(26-4)11-15(13)21/h8-11H,5-7H2,1-4H3. The zero-order valence-corrected chi connectivity index (χ0v) is 17.5. The Morgan fingerprint density at radius 2 is 1.42 bits per heavy atom. The molecule has 0 saturated heterocycles. The molecule has 1 aliphatic heterocycles. The SMILES string of the molecule is COc1cc(I)c(CC2=NCCc3cc(OC)c(OC)cc32)cc1OC. The van der Waals surface area contributed by atoms with Gasteiger partial charge >= 0.3 is 0 Å². The lowest BCUT2D eigenvalue weighted by Crippen LogP contribution is -2.16. The number of halogens is 1. The predicted molar refractivity (Wildman–Crippen MR) is 111 cm³/mol. The Labute approximate surface area is 167 Å². The van der Waals surface area contributed by atoms with Crippen molar-refractivity contribution in [2.24, 2.45) is 4.99 Å². The zero-order chi connectivity index (χ0) is 18.7. The summed E-state index contributed by atoms with van der Waals surface area (Å²) in [5.41, 5.74) is 4.57. The Morgan fingerprint density at radius 1 is 0.846 bits per heavy atom. The van der Waals surface area contributed by atoms with Gasteiger partial charge in [-0.1, -0.05) is 0 Å². The molecular weight excluding hydrogens is 445 g/mol. The Balaban J connectivity index is 1.99. The van der Waals surface area contributed by atoms with Gasteiger partial charge in [0.15, 0.2) is 23.0 Å². The van der Waals surface area contributed by atoms with Gasteiger partial charge in [-0.15, -0.1) is 0 Å². The minimum Gasteiger partial charge on any atom is -0.493 e. The van der Waals surface area contributed by atoms with E-state index in [0.29, 0.717) is 0 Å². The number of hydrogen-bond donors (Lipinski definition) is 0. The van der Waals surface area contributed by atoms with Gasteiger partial charge in [-0.05, 0) is 64.4 Å². The lowest BCUT2D eigenvalue weighted by Gasteiger charge is -2.20. The second kappa shape index (κ2) is 8.16. The van der Waals surface area contributed by atoms with Crippen molar-refractivity contribution in [2.75, 3.05) is 35.0 Å². The molecule has 0 unspecified atom stereocenters. The molecule has 0 atom stereocenters. The Morgan fingerprint density at radius 3 is 2.08 bits per heavy atom. The van der Waals surface area contributed by atoms with Gasteiger partial charge in [0, 0.05) is 27.8 Å². The topological polar surface area (TPSA) is 49.3 Å². The normalized spacial score (nSPS) is 12.9. The molecule has 0 N–H and O–H groups in total. The van der Waals surface area contributed by atoms with Crippen molar-refractivity contribution in [3.8, 4) is 23.0 Å². The number of rotatable bonds is 6. The highest BCUT2D eigenvalue weighted by molar-refractivity contribution is 14.1. The summed E-state index contributed by atoms with van der Waals surface area (Å²) in [5, 5.41) is 0. The van der Waals surface area contributed by atoms with Crippen LogP contribution in [0.5, 0.6) is 23.0 Å². The predicted octanol–water partition coefficient (Wildman–Crippen LogP) is 3.91. The first kappa shape index (κ1) is 18.8. The Kier molecular flexibility index (Phi) is 5.90. The van der Waals surface area contributed by atoms with E-state index in [4.69, 9.17) is 23.9 Å². The van der Waals surface area contributed by atoms with Crippen LogP contribution in [0, 0.1) is 3.57 Å². The summed E-state index contributed by atoms with van der Waals surface area (Å²) in [6, 6.07) is 8.11. The van der Waals surface area contributed by atoms with E-state index in [1.165, 1.54) is 5.56 Å². The highest BCUT2D eigenvalue weighted by atomic mass is 127. The second-order valence-electron chi connectivity index (χ2n) is 5.92. The van der Waals surface area contributed by atoms with Crippen molar-refractivity contribution in [1.82, 2.24) is 0 Å². The zero-order valence-electron chi connectivity index (χ0n) is 15.4. The first-order chi connectivity index (χ1) is 12.6. The molecule has 0 radical (unpaired) electrons. The first-order valence-corrected chi connectivity index (χ1v) is 9.38. The maximum Gasteiger partial charge on any atom is 0.161 e. The summed E-state index contributed by atoms with van der Waals surface area (Å²) in [6.45, 7) is 0.779. The fraction of sp³-hybridized carbons (Fsp3) is 0.350. The number of aliphatic imine (C=N–C) groups is 1. The van der Waals surface area contributed by atoms with Gasteiger partial charge in [-0.3, -0.25) is 4.99 Å². The number of benzene rings is 2. The molecule has 0 fully saturated rings. The Hall–Kier alpha value is -1.96. The third-order valence-corrected chi connectivity index (χ3v) is 5.52. The van der Waals surface area contributed by atoms with Crippen molar-refractivity contribution in [3.05, 3.63) is 44.5 Å². The van der Waals surface area contributed by atoms with Gasteiger partial charge in [0.25, 0.3) is 0 Å². The molecule has 26 heavy (non-hydrogen) atoms. The van der Waals surface area contributed by atoms with Crippen LogP contribution in [-0.2, 0) is 12.8 Å². The summed E-state index contributed by atoms with van der Waals surface area (Å²) in [7, 11) is 6.61. The molecule has 138 valence electrons. The van der Waals surface area contributed by atoms with Gasteiger partial charge in [0.05, 0.1) is 28.4 Å². The van der Waals surface area contributed by atoms with E-state index in [9.17, 15) is 0 Å². The molecule has 6 heteroatoms. The van der Waals surface area contributed by atoms with Crippen LogP contribution in [0.25, 0.3) is 0 Å². The van der Waals surface area contributed by atoms with E-state index in [0.717, 1.165) is 62.8 Å². The monoisotopic (exact) mass is 467 g/mol. The lowest BCUT2D eigenvalue weighted by molar-refractivity contribution is 0.354. The molecule has 2 aromatic carbocycles. The molecule has 0 aliphatic carbocycles. The second-order valence-corrected chi connectivity index (χ2v) is 7.08. The average molecular weight is 467 g/mol. The highest BCUT2D eigenvalue weighted by Crippen LogP contribution is 2.35. The van der Waals surface area contributed by atoms with Gasteiger partial charge in [0.2, 0.25) is 0 Å². The van der Waals surface area contributed by atoms with E-state index in [-0.39, 0.29) is 0 Å². The number of nitrogens with zero attached hydrogens (tertiary/aromatic N) is 1. The minimum absolute atomic E-state index is 0.723. The van der Waals surface area contributed by atoms with Gasteiger partial charge in [-0.25, -0.2) is 0 Å². The van der Waals surface area contributed by atoms with E-state index in [1.54, 1.807) is 28.4 Å². The summed E-state index contributed by atoms with van der Waals surface area (Å²) in [4.78, 5) is 4.78. The number of hydrogen-bond acceptors (Lipinski definition) is 5. The minimum atomic E-state index is 0.723. The number of methoxy groups -OCH3 is 4. The fourth-order valence-corrected chi connectivity index (χ4v) is 3.79. The van der Waals surface area contributed by atoms with E-state index < -0.39 is 0 Å². The molecule has 0 saturated carbocycles. The molecular formula is C20H22INO4. The molecule has 0 bridgehead atoms. The molecule has 1 heterocycles. The molecule has 0 aromatic heterocycles. The van der Waals surface area contributed by atoms with Crippen molar-refractivity contribution < 1.29 is 18.9 Å². The van der Waals surface area contributed by atoms with Crippen LogP contribution < -0.4 is 18.9 Å². The Bertz CT molecular complexity index is 848. The molecule has 3 rings (SSSR count). The largest absolute Gasteiger partial charge is 0.493 e. The van der Waals surface area contributed by atoms with Crippen LogP contribution in [0.3, 0.4) is 0 Å². The van der Waals surface area contributed by atoms with Crippen LogP contribution in [-0.4, -0.2) is 40.7 Å². The molecule has 1 aliphatic rings. The average Bonchev–Trinajstić information content (AvgIpc) is 2.68. The molecule has 0 amide bonds. The van der Waals surface area contributed by atoms with Crippen LogP contribution in [0.1, 0.15) is 16.7 Å². The van der Waals surface area contributed by atoms with Crippen LogP contribution in [0.15, 0.2) is 29.3 Å². The number of ether oxygens (including phenoxy) is 4. The van der Waals surface area contributed by atoms with Crippen molar-refractivity contribution >= 4 is 28.3 Å². The van der Waals surface area contributed by atoms with E-state index in [1.807, 2.05) is 18.2 Å². The smallest absolute Gasteiger partial charge is 0.161 e. The van der Waals surface area contributed by atoms with Gasteiger partial charge in [0.1, 0.15) is 0 Å². The van der Waals surface area contributed by atoms with Crippen molar-refractivity contribution in [3.63, 3.8) is 0 Å². The van der Waals surface area contributed by atoms with Crippen LogP contribution in [0.4, 0.5) is 0 Å². The lowest BCUT2D eigenvalue weighted by atomic mass is 9.93. The molecule has 0 spiro atoms. The summed E-state index contributed by atoms with van der Waals surface area (Å²) in [6.07, 6.45) is 1.63. The fourth-order valence-electron chi connectivity index (χ4n) is 3.16. The summed E-state index contributed by atoms with van der Waals surface area (Å²) in [5.74, 6) is 2.95. The third kappa shape index (κ3) is 3.60. The maximum absolute atomic E-state index is 5.47. The van der Waals surface area contributed by atoms with Gasteiger partial charge in [-0.2, -0.15) is 0 Å². The van der Waals surface area contributed by atoms with E-state index >= 15 is 0 Å². The van der Waals surface area contributed by atoms with E-state index in [2.05, 4.69) is 28.7 Å². The molecule has 2 aromatic rings. The van der Waals surface area contributed by atoms with Crippen LogP contribution >= 0.6 is 22.6 Å². The third-order valence-electron chi connectivity index (χ3n) is 4.51. The highest BCUT2D eigenvalue weighted by Gasteiger charge is 2.20. The number of fused-ring (bicyclic) bond motifs is 1. The first-order valence-electron chi connectivity index (χ1n) is 8.30. The summed E-state index contributed by atoms with van der Waals surface area (Å²) >= 11 is 2.33.